The van der Waals surface area contributed by atoms with Crippen molar-refractivity contribution in [1.29, 1.82) is 0 Å². The quantitative estimate of drug-likeness (QED) is 0.330. The first-order valence-electron chi connectivity index (χ1n) is 8.16. The number of aliphatic imine (C=N–C) groups is 1. The summed E-state index contributed by atoms with van der Waals surface area (Å²) < 4.78 is 26.3. The maximum Gasteiger partial charge on any atom is 0.215 e. The molecule has 144 valence electrons. The van der Waals surface area contributed by atoms with Gasteiger partial charge in [0, 0.05) is 36.0 Å². The van der Waals surface area contributed by atoms with E-state index in [1.807, 2.05) is 18.4 Å². The molecule has 0 bridgehead atoms. The van der Waals surface area contributed by atoms with E-state index in [1.54, 1.807) is 27.4 Å². The fourth-order valence-electron chi connectivity index (χ4n) is 2.36. The van der Waals surface area contributed by atoms with Gasteiger partial charge in [-0.25, -0.2) is 12.7 Å². The Morgan fingerprint density at radius 1 is 1.40 bits per heavy atom. The molecule has 1 unspecified atom stereocenters. The molecule has 6 nitrogen and oxygen atoms in total. The Labute approximate surface area is 176 Å². The highest BCUT2D eigenvalue weighted by Gasteiger charge is 2.23. The summed E-state index contributed by atoms with van der Waals surface area (Å²) in [6.07, 6.45) is 0. The number of nitrogens with zero attached hydrogens (tertiary/aromatic N) is 2. The van der Waals surface area contributed by atoms with Crippen molar-refractivity contribution in [2.24, 2.45) is 4.99 Å². The number of rotatable bonds is 7. The van der Waals surface area contributed by atoms with Crippen molar-refractivity contribution in [3.05, 3.63) is 22.4 Å². The second-order valence-electron chi connectivity index (χ2n) is 5.47. The molecule has 0 spiro atoms. The lowest BCUT2D eigenvalue weighted by molar-refractivity contribution is 0.444. The van der Waals surface area contributed by atoms with Gasteiger partial charge in [-0.1, -0.05) is 6.07 Å². The Hall–Kier alpha value is -0.0400. The van der Waals surface area contributed by atoms with E-state index in [0.29, 0.717) is 19.0 Å². The van der Waals surface area contributed by atoms with Gasteiger partial charge < -0.3 is 10.6 Å². The molecule has 1 aromatic rings. The van der Waals surface area contributed by atoms with Crippen LogP contribution in [-0.2, 0) is 10.0 Å². The minimum atomic E-state index is -3.21. The van der Waals surface area contributed by atoms with Gasteiger partial charge in [-0.3, -0.25) is 4.99 Å². The average Bonchev–Trinajstić information content (AvgIpc) is 3.10. The van der Waals surface area contributed by atoms with Gasteiger partial charge in [0.25, 0.3) is 0 Å². The zero-order valence-corrected chi connectivity index (χ0v) is 19.4. The van der Waals surface area contributed by atoms with Crippen molar-refractivity contribution in [3.63, 3.8) is 0 Å². The maximum atomic E-state index is 12.3. The molecule has 2 N–H and O–H groups in total. The number of sulfonamides is 1. The smallest absolute Gasteiger partial charge is 0.215 e. The molecule has 1 aliphatic heterocycles. The van der Waals surface area contributed by atoms with Crippen molar-refractivity contribution in [3.8, 4) is 0 Å². The third kappa shape index (κ3) is 7.61. The molecule has 0 aromatic carbocycles. The number of hydrogen-bond acceptors (Lipinski definition) is 5. The molecule has 1 aliphatic rings. The number of thioether (sulfide) groups is 1. The third-order valence-electron chi connectivity index (χ3n) is 3.65. The molecule has 1 atom stereocenters. The van der Waals surface area contributed by atoms with Gasteiger partial charge in [-0.05, 0) is 25.3 Å². The van der Waals surface area contributed by atoms with Crippen LogP contribution in [0.2, 0.25) is 0 Å². The Kier molecular flexibility index (Phi) is 10.7. The van der Waals surface area contributed by atoms with E-state index >= 15 is 0 Å². The van der Waals surface area contributed by atoms with E-state index in [2.05, 4.69) is 28.6 Å². The topological polar surface area (TPSA) is 73.8 Å². The first-order valence-corrected chi connectivity index (χ1v) is 11.8. The van der Waals surface area contributed by atoms with Gasteiger partial charge in [0.05, 0.1) is 18.3 Å². The predicted octanol–water partition coefficient (Wildman–Crippen LogP) is 2.36. The van der Waals surface area contributed by atoms with Crippen molar-refractivity contribution in [2.75, 3.05) is 43.4 Å². The maximum absolute atomic E-state index is 12.3. The van der Waals surface area contributed by atoms with Crippen LogP contribution in [0.4, 0.5) is 0 Å². The molecular weight excluding hydrogens is 491 g/mol. The zero-order valence-electron chi connectivity index (χ0n) is 14.6. The Morgan fingerprint density at radius 3 is 2.72 bits per heavy atom. The molecule has 10 heteroatoms. The van der Waals surface area contributed by atoms with E-state index in [9.17, 15) is 8.42 Å². The van der Waals surface area contributed by atoms with Crippen LogP contribution >= 0.6 is 47.1 Å². The minimum Gasteiger partial charge on any atom is -0.357 e. The molecule has 2 rings (SSSR count). The molecule has 2 heterocycles. The number of guanidine groups is 1. The Morgan fingerprint density at radius 2 is 2.12 bits per heavy atom. The Bertz CT molecular complexity index is 617. The van der Waals surface area contributed by atoms with E-state index in [4.69, 9.17) is 0 Å². The van der Waals surface area contributed by atoms with Gasteiger partial charge >= 0.3 is 0 Å². The van der Waals surface area contributed by atoms with Gasteiger partial charge in [-0.15, -0.1) is 35.3 Å². The molecule has 1 aromatic heterocycles. The summed E-state index contributed by atoms with van der Waals surface area (Å²) in [6, 6.07) is 4.23. The SMILES string of the molecule is CCNC(=NCCS(=O)(=O)N1CCSCC1)NC(C)c1cccs1.I. The second kappa shape index (κ2) is 11.6. The number of nitrogens with one attached hydrogen (secondary N) is 2. The van der Waals surface area contributed by atoms with Gasteiger partial charge in [0.15, 0.2) is 5.96 Å². The molecule has 1 fully saturated rings. The summed E-state index contributed by atoms with van der Waals surface area (Å²) in [4.78, 5) is 5.65. The van der Waals surface area contributed by atoms with Crippen LogP contribution in [0, 0.1) is 0 Å². The van der Waals surface area contributed by atoms with Crippen LogP contribution in [-0.4, -0.2) is 62.1 Å². The summed E-state index contributed by atoms with van der Waals surface area (Å²) in [5.74, 6) is 2.47. The predicted molar refractivity (Wildman–Crippen MR) is 120 cm³/mol. The summed E-state index contributed by atoms with van der Waals surface area (Å²) >= 11 is 3.49. The van der Waals surface area contributed by atoms with Crippen LogP contribution < -0.4 is 10.6 Å². The monoisotopic (exact) mass is 518 g/mol. The zero-order chi connectivity index (χ0) is 17.4. The average molecular weight is 519 g/mol. The highest BCUT2D eigenvalue weighted by molar-refractivity contribution is 14.0. The molecule has 0 radical (unpaired) electrons. The first kappa shape index (κ1) is 23.0. The van der Waals surface area contributed by atoms with Crippen molar-refractivity contribution < 1.29 is 8.42 Å². The second-order valence-corrected chi connectivity index (χ2v) is 9.76. The fourth-order valence-corrected chi connectivity index (χ4v) is 5.55. The molecule has 25 heavy (non-hydrogen) atoms. The molecule has 0 saturated carbocycles. The summed E-state index contributed by atoms with van der Waals surface area (Å²) in [7, 11) is -3.21. The number of hydrogen-bond donors (Lipinski definition) is 2. The van der Waals surface area contributed by atoms with Crippen LogP contribution in [0.3, 0.4) is 0 Å². The number of halogens is 1. The van der Waals surface area contributed by atoms with E-state index in [0.717, 1.165) is 18.1 Å². The third-order valence-corrected chi connectivity index (χ3v) is 7.50. The molecule has 0 amide bonds. The van der Waals surface area contributed by atoms with Crippen LogP contribution in [0.15, 0.2) is 22.5 Å². The molecule has 1 saturated heterocycles. The largest absolute Gasteiger partial charge is 0.357 e. The lowest BCUT2D eigenvalue weighted by Crippen LogP contribution is -2.41. The highest BCUT2D eigenvalue weighted by Crippen LogP contribution is 2.18. The van der Waals surface area contributed by atoms with E-state index in [-0.39, 0.29) is 42.3 Å². The van der Waals surface area contributed by atoms with Gasteiger partial charge in [0.2, 0.25) is 10.0 Å². The summed E-state index contributed by atoms with van der Waals surface area (Å²) in [6.45, 7) is 6.29. The van der Waals surface area contributed by atoms with Crippen LogP contribution in [0.25, 0.3) is 0 Å². The minimum absolute atomic E-state index is 0. The lowest BCUT2D eigenvalue weighted by Gasteiger charge is -2.25. The summed E-state index contributed by atoms with van der Waals surface area (Å²) in [5.41, 5.74) is 0. The normalized spacial score (nSPS) is 17.6. The Balaban J connectivity index is 0.00000312. The lowest BCUT2D eigenvalue weighted by atomic mass is 10.3. The van der Waals surface area contributed by atoms with Gasteiger partial charge in [-0.2, -0.15) is 11.8 Å². The molecular formula is C15H27IN4O2S3. The number of thiophene rings is 1. The van der Waals surface area contributed by atoms with Gasteiger partial charge in [0.1, 0.15) is 0 Å². The first-order chi connectivity index (χ1) is 11.5. The van der Waals surface area contributed by atoms with Crippen LogP contribution in [0.1, 0.15) is 24.8 Å². The van der Waals surface area contributed by atoms with Crippen LogP contribution in [0.5, 0.6) is 0 Å². The highest BCUT2D eigenvalue weighted by atomic mass is 127. The van der Waals surface area contributed by atoms with Crippen molar-refractivity contribution >= 4 is 63.1 Å². The standard InChI is InChI=1S/C15H26N4O2S3.HI/c1-3-16-15(18-13(2)14-5-4-9-23-14)17-6-12-24(20,21)19-7-10-22-11-8-19;/h4-5,9,13H,3,6-8,10-12H2,1-2H3,(H2,16,17,18);1H. The van der Waals surface area contributed by atoms with E-state index in [1.165, 1.54) is 4.88 Å². The van der Waals surface area contributed by atoms with Crippen molar-refractivity contribution in [1.82, 2.24) is 14.9 Å². The summed E-state index contributed by atoms with van der Waals surface area (Å²) in [5, 5.41) is 8.54. The van der Waals surface area contributed by atoms with E-state index < -0.39 is 10.0 Å². The fraction of sp³-hybridized carbons (Fsp3) is 0.667. The van der Waals surface area contributed by atoms with Crippen molar-refractivity contribution in [2.45, 2.75) is 19.9 Å². The molecule has 0 aliphatic carbocycles.